The highest BCUT2D eigenvalue weighted by molar-refractivity contribution is 5.88. The number of alkyl halides is 6. The fourth-order valence-corrected chi connectivity index (χ4v) is 3.00. The molecule has 0 unspecified atom stereocenters. The maximum absolute atomic E-state index is 13.2. The van der Waals surface area contributed by atoms with Crippen LogP contribution < -0.4 is 0 Å². The van der Waals surface area contributed by atoms with Gasteiger partial charge in [0, 0.05) is 11.6 Å². The average Bonchev–Trinajstić information content (AvgIpc) is 3.41. The first-order chi connectivity index (χ1) is 15.4. The molecule has 0 atom stereocenters. The maximum atomic E-state index is 13.2. The molecule has 33 heavy (non-hydrogen) atoms. The monoisotopic (exact) mass is 467 g/mol. The van der Waals surface area contributed by atoms with Crippen LogP contribution in [0.5, 0.6) is 0 Å². The molecule has 0 saturated carbocycles. The van der Waals surface area contributed by atoms with Crippen molar-refractivity contribution in [1.29, 1.82) is 0 Å². The summed E-state index contributed by atoms with van der Waals surface area (Å²) in [6, 6.07) is 10.9. The van der Waals surface area contributed by atoms with E-state index in [4.69, 9.17) is 5.11 Å². The summed E-state index contributed by atoms with van der Waals surface area (Å²) in [4.78, 5) is 11.1. The molecule has 7 nitrogen and oxygen atoms in total. The number of rotatable bonds is 4. The summed E-state index contributed by atoms with van der Waals surface area (Å²) in [5.41, 5.74) is -2.30. The van der Waals surface area contributed by atoms with Crippen molar-refractivity contribution < 1.29 is 36.2 Å². The quantitative estimate of drug-likeness (QED) is 0.434. The second-order valence-corrected chi connectivity index (χ2v) is 6.77. The van der Waals surface area contributed by atoms with Gasteiger partial charge in [0.05, 0.1) is 23.1 Å². The largest absolute Gasteiger partial charge is 0.478 e. The number of nitrogens with zero attached hydrogens (tertiary/aromatic N) is 5. The van der Waals surface area contributed by atoms with E-state index in [0.717, 1.165) is 0 Å². The fourth-order valence-electron chi connectivity index (χ4n) is 3.00. The number of carbonyl (C=O) groups is 1. The third kappa shape index (κ3) is 4.42. The lowest BCUT2D eigenvalue weighted by molar-refractivity contribution is -0.143. The summed E-state index contributed by atoms with van der Waals surface area (Å²) in [5, 5.41) is 20.0. The van der Waals surface area contributed by atoms with E-state index < -0.39 is 29.7 Å². The lowest BCUT2D eigenvalue weighted by atomic mass is 10.1. The third-order valence-corrected chi connectivity index (χ3v) is 4.55. The molecule has 0 amide bonds. The van der Waals surface area contributed by atoms with Gasteiger partial charge >= 0.3 is 18.3 Å². The highest BCUT2D eigenvalue weighted by atomic mass is 19.4. The van der Waals surface area contributed by atoms with Gasteiger partial charge in [-0.05, 0) is 30.3 Å². The first-order valence-electron chi connectivity index (χ1n) is 9.05. The van der Waals surface area contributed by atoms with Crippen LogP contribution in [0.3, 0.4) is 0 Å². The van der Waals surface area contributed by atoms with E-state index in [9.17, 15) is 31.1 Å². The normalized spacial score (nSPS) is 12.2. The third-order valence-electron chi connectivity index (χ3n) is 4.55. The Morgan fingerprint density at radius 2 is 1.58 bits per heavy atom. The zero-order valence-electron chi connectivity index (χ0n) is 16.1. The average molecular weight is 467 g/mol. The standard InChI is InChI=1S/C20H11F6N5O2/c21-19(22,23)16-9-17(20(24,25)26)31(28-16)13-6-4-11(5-7-13)15-10-30(29-27-15)14-3-1-2-12(8-14)18(32)33/h1-10H,(H,32,33). The zero-order chi connectivity index (χ0) is 24.0. The smallest absolute Gasteiger partial charge is 0.435 e. The molecule has 4 rings (SSSR count). The van der Waals surface area contributed by atoms with Crippen LogP contribution in [0.25, 0.3) is 22.6 Å². The molecule has 0 aliphatic heterocycles. The van der Waals surface area contributed by atoms with Crippen molar-refractivity contribution in [2.75, 3.05) is 0 Å². The van der Waals surface area contributed by atoms with Gasteiger partial charge in [0.25, 0.3) is 0 Å². The summed E-state index contributed by atoms with van der Waals surface area (Å²) < 4.78 is 79.9. The molecule has 13 heteroatoms. The number of carboxylic acid groups (broad SMARTS) is 1. The van der Waals surface area contributed by atoms with Crippen LogP contribution in [0, 0.1) is 0 Å². The summed E-state index contributed by atoms with van der Waals surface area (Å²) >= 11 is 0. The van der Waals surface area contributed by atoms with Crippen molar-refractivity contribution in [1.82, 2.24) is 24.8 Å². The predicted octanol–water partition coefficient (Wildman–Crippen LogP) is 4.86. The molecule has 2 heterocycles. The van der Waals surface area contributed by atoms with Crippen LogP contribution in [-0.4, -0.2) is 35.9 Å². The Hall–Kier alpha value is -4.16. The van der Waals surface area contributed by atoms with E-state index in [0.29, 0.717) is 16.9 Å². The van der Waals surface area contributed by atoms with Gasteiger partial charge in [-0.25, -0.2) is 14.2 Å². The highest BCUT2D eigenvalue weighted by Gasteiger charge is 2.42. The Bertz CT molecular complexity index is 1320. The zero-order valence-corrected chi connectivity index (χ0v) is 16.1. The minimum Gasteiger partial charge on any atom is -0.478 e. The number of hydrogen-bond acceptors (Lipinski definition) is 4. The van der Waals surface area contributed by atoms with Gasteiger partial charge in [-0.15, -0.1) is 5.10 Å². The summed E-state index contributed by atoms with van der Waals surface area (Å²) in [7, 11) is 0. The van der Waals surface area contributed by atoms with Crippen molar-refractivity contribution in [2.24, 2.45) is 0 Å². The Balaban J connectivity index is 1.66. The minimum atomic E-state index is -5.05. The van der Waals surface area contributed by atoms with E-state index in [1.807, 2.05) is 0 Å². The SMILES string of the molecule is O=C(O)c1cccc(-n2cc(-c3ccc(-n4nc(C(F)(F)F)cc4C(F)(F)F)cc3)nn2)c1. The molecule has 0 aliphatic rings. The van der Waals surface area contributed by atoms with Gasteiger partial charge in [-0.3, -0.25) is 0 Å². The number of aromatic nitrogens is 5. The van der Waals surface area contributed by atoms with Gasteiger partial charge in [0.2, 0.25) is 0 Å². The van der Waals surface area contributed by atoms with Crippen LogP contribution >= 0.6 is 0 Å². The number of halogens is 6. The molecular weight excluding hydrogens is 456 g/mol. The van der Waals surface area contributed by atoms with E-state index in [1.165, 1.54) is 53.3 Å². The summed E-state index contributed by atoms with van der Waals surface area (Å²) in [6.45, 7) is 0. The second kappa shape index (κ2) is 7.76. The molecule has 0 spiro atoms. The Morgan fingerprint density at radius 1 is 0.879 bits per heavy atom. The lowest BCUT2D eigenvalue weighted by Gasteiger charge is -2.10. The van der Waals surface area contributed by atoms with Gasteiger partial charge in [0.1, 0.15) is 11.4 Å². The molecule has 2 aromatic heterocycles. The van der Waals surface area contributed by atoms with Crippen LogP contribution in [0.4, 0.5) is 26.3 Å². The molecule has 1 N–H and O–H groups in total. The molecule has 0 bridgehead atoms. The Morgan fingerprint density at radius 3 is 2.18 bits per heavy atom. The molecule has 0 aliphatic carbocycles. The van der Waals surface area contributed by atoms with Crippen molar-refractivity contribution in [3.63, 3.8) is 0 Å². The topological polar surface area (TPSA) is 85.8 Å². The molecule has 4 aromatic rings. The number of benzene rings is 2. The first-order valence-corrected chi connectivity index (χ1v) is 9.05. The van der Waals surface area contributed by atoms with Crippen LogP contribution in [0.15, 0.2) is 60.8 Å². The lowest BCUT2D eigenvalue weighted by Crippen LogP contribution is -2.13. The summed E-state index contributed by atoms with van der Waals surface area (Å²) in [6.07, 6.45) is -8.63. The van der Waals surface area contributed by atoms with Crippen molar-refractivity contribution in [2.45, 2.75) is 12.4 Å². The first kappa shape index (κ1) is 22.0. The van der Waals surface area contributed by atoms with Gasteiger partial charge < -0.3 is 5.11 Å². The predicted molar refractivity (Wildman–Crippen MR) is 101 cm³/mol. The summed E-state index contributed by atoms with van der Waals surface area (Å²) in [5.74, 6) is -1.13. The number of hydrogen-bond donors (Lipinski definition) is 1. The van der Waals surface area contributed by atoms with Crippen LogP contribution in [0.1, 0.15) is 21.7 Å². The second-order valence-electron chi connectivity index (χ2n) is 6.77. The van der Waals surface area contributed by atoms with Crippen molar-refractivity contribution in [3.05, 3.63) is 77.7 Å². The number of carboxylic acids is 1. The van der Waals surface area contributed by atoms with Crippen molar-refractivity contribution >= 4 is 5.97 Å². The maximum Gasteiger partial charge on any atom is 0.435 e. The Labute approximate surface area is 180 Å². The van der Waals surface area contributed by atoms with Crippen LogP contribution in [0.2, 0.25) is 0 Å². The van der Waals surface area contributed by atoms with E-state index in [1.54, 1.807) is 6.07 Å². The Kier molecular flexibility index (Phi) is 5.18. The van der Waals surface area contributed by atoms with E-state index in [-0.39, 0.29) is 22.0 Å². The van der Waals surface area contributed by atoms with Crippen LogP contribution in [-0.2, 0) is 12.4 Å². The molecular formula is C20H11F6N5O2. The minimum absolute atomic E-state index is 0.0341. The molecule has 2 aromatic carbocycles. The van der Waals surface area contributed by atoms with E-state index >= 15 is 0 Å². The van der Waals surface area contributed by atoms with E-state index in [2.05, 4.69) is 15.4 Å². The fraction of sp³-hybridized carbons (Fsp3) is 0.100. The highest BCUT2D eigenvalue weighted by Crippen LogP contribution is 2.36. The molecule has 170 valence electrons. The van der Waals surface area contributed by atoms with Gasteiger partial charge in [0.15, 0.2) is 5.69 Å². The van der Waals surface area contributed by atoms with Gasteiger partial charge in [-0.2, -0.15) is 31.4 Å². The molecule has 0 fully saturated rings. The van der Waals surface area contributed by atoms with Gasteiger partial charge in [-0.1, -0.05) is 23.4 Å². The molecule has 0 radical (unpaired) electrons. The van der Waals surface area contributed by atoms with Crippen molar-refractivity contribution in [3.8, 4) is 22.6 Å². The number of aromatic carboxylic acids is 1. The molecule has 0 saturated heterocycles.